The van der Waals surface area contributed by atoms with Gasteiger partial charge in [-0.3, -0.25) is 4.90 Å². The first-order valence-corrected chi connectivity index (χ1v) is 7.37. The molecule has 3 heteroatoms. The highest BCUT2D eigenvalue weighted by molar-refractivity contribution is 4.95. The molecule has 1 unspecified atom stereocenters. The number of piperidine rings is 1. The fourth-order valence-electron chi connectivity index (χ4n) is 3.80. The van der Waals surface area contributed by atoms with E-state index >= 15 is 0 Å². The first-order chi connectivity index (χ1) is 8.20. The Hall–Kier alpha value is -0.120. The van der Waals surface area contributed by atoms with E-state index in [1.165, 1.54) is 25.8 Å². The molecule has 18 heavy (non-hydrogen) atoms. The van der Waals surface area contributed by atoms with Crippen molar-refractivity contribution in [3.05, 3.63) is 0 Å². The van der Waals surface area contributed by atoms with E-state index in [9.17, 15) is 0 Å². The number of hydrogen-bond acceptors (Lipinski definition) is 3. The number of nitrogens with one attached hydrogen (secondary N) is 1. The van der Waals surface area contributed by atoms with Crippen LogP contribution in [0.25, 0.3) is 0 Å². The van der Waals surface area contributed by atoms with E-state index in [0.717, 1.165) is 19.6 Å². The summed E-state index contributed by atoms with van der Waals surface area (Å²) >= 11 is 0. The first-order valence-electron chi connectivity index (χ1n) is 7.37. The number of morpholine rings is 1. The summed E-state index contributed by atoms with van der Waals surface area (Å²) in [6.45, 7) is 15.6. The third-order valence-electron chi connectivity index (χ3n) is 4.04. The second-order valence-corrected chi connectivity index (χ2v) is 7.71. The van der Waals surface area contributed by atoms with Crippen LogP contribution in [0.4, 0.5) is 0 Å². The van der Waals surface area contributed by atoms with Gasteiger partial charge in [-0.1, -0.05) is 6.42 Å². The van der Waals surface area contributed by atoms with E-state index in [0.29, 0.717) is 5.54 Å². The van der Waals surface area contributed by atoms with E-state index in [-0.39, 0.29) is 11.2 Å². The second-order valence-electron chi connectivity index (χ2n) is 7.71. The predicted octanol–water partition coefficient (Wildman–Crippen LogP) is 2.41. The van der Waals surface area contributed by atoms with Crippen LogP contribution in [0.1, 0.15) is 53.9 Å². The zero-order valence-electron chi connectivity index (χ0n) is 12.8. The Bertz CT molecular complexity index is 277. The van der Waals surface area contributed by atoms with Crippen molar-refractivity contribution in [3.8, 4) is 0 Å². The summed E-state index contributed by atoms with van der Waals surface area (Å²) in [7, 11) is 0. The molecule has 2 aliphatic rings. The molecule has 2 heterocycles. The van der Waals surface area contributed by atoms with Gasteiger partial charge in [0.05, 0.1) is 11.2 Å². The van der Waals surface area contributed by atoms with Gasteiger partial charge in [-0.15, -0.1) is 0 Å². The fourth-order valence-corrected chi connectivity index (χ4v) is 3.80. The maximum atomic E-state index is 6.15. The molecule has 0 spiro atoms. The highest BCUT2D eigenvalue weighted by Gasteiger charge is 2.40. The molecule has 0 saturated carbocycles. The average molecular weight is 254 g/mol. The number of rotatable bonds is 2. The van der Waals surface area contributed by atoms with Crippen molar-refractivity contribution in [1.29, 1.82) is 0 Å². The summed E-state index contributed by atoms with van der Waals surface area (Å²) < 4.78 is 6.15. The number of ether oxygens (including phenoxy) is 1. The Morgan fingerprint density at radius 3 is 2.11 bits per heavy atom. The van der Waals surface area contributed by atoms with Crippen molar-refractivity contribution >= 4 is 0 Å². The molecule has 0 aliphatic carbocycles. The second kappa shape index (κ2) is 4.77. The third kappa shape index (κ3) is 3.69. The minimum Gasteiger partial charge on any atom is -0.367 e. The molecule has 106 valence electrons. The van der Waals surface area contributed by atoms with Crippen LogP contribution in [0.2, 0.25) is 0 Å². The maximum absolute atomic E-state index is 6.15. The Balaban J connectivity index is 2.00. The zero-order valence-corrected chi connectivity index (χ0v) is 12.8. The van der Waals surface area contributed by atoms with Crippen molar-refractivity contribution < 1.29 is 4.74 Å². The molecule has 0 aromatic heterocycles. The van der Waals surface area contributed by atoms with Crippen molar-refractivity contribution in [2.45, 2.75) is 70.6 Å². The minimum absolute atomic E-state index is 0.0349. The van der Waals surface area contributed by atoms with Crippen molar-refractivity contribution in [2.75, 3.05) is 26.2 Å². The maximum Gasteiger partial charge on any atom is 0.0760 e. The Morgan fingerprint density at radius 2 is 1.61 bits per heavy atom. The number of nitrogens with zero attached hydrogens (tertiary/aromatic N) is 1. The van der Waals surface area contributed by atoms with Crippen LogP contribution < -0.4 is 5.32 Å². The van der Waals surface area contributed by atoms with E-state index in [2.05, 4.69) is 44.8 Å². The standard InChI is InChI=1S/C15H30N2O/c1-13(2)10-17(11-14(3,4)18-13)12-15(5)8-6-7-9-16-15/h16H,6-12H2,1-5H3. The highest BCUT2D eigenvalue weighted by atomic mass is 16.5. The SMILES string of the molecule is CC1(CN2CC(C)(C)OC(C)(C)C2)CCCCN1. The average Bonchev–Trinajstić information content (AvgIpc) is 2.11. The van der Waals surface area contributed by atoms with Gasteiger partial charge in [0, 0.05) is 25.2 Å². The molecule has 2 aliphatic heterocycles. The Morgan fingerprint density at radius 1 is 1.00 bits per heavy atom. The van der Waals surface area contributed by atoms with Crippen LogP contribution in [0, 0.1) is 0 Å². The minimum atomic E-state index is -0.0349. The summed E-state index contributed by atoms with van der Waals surface area (Å²) in [6.07, 6.45) is 3.99. The summed E-state index contributed by atoms with van der Waals surface area (Å²) in [5.41, 5.74) is 0.224. The lowest BCUT2D eigenvalue weighted by Gasteiger charge is -2.50. The van der Waals surface area contributed by atoms with Gasteiger partial charge in [-0.05, 0) is 54.0 Å². The lowest BCUT2D eigenvalue weighted by atomic mass is 9.88. The summed E-state index contributed by atoms with van der Waals surface area (Å²) in [5.74, 6) is 0. The monoisotopic (exact) mass is 254 g/mol. The van der Waals surface area contributed by atoms with Crippen LogP contribution in [0.15, 0.2) is 0 Å². The lowest BCUT2D eigenvalue weighted by Crippen LogP contribution is -2.62. The van der Waals surface area contributed by atoms with Crippen molar-refractivity contribution in [3.63, 3.8) is 0 Å². The van der Waals surface area contributed by atoms with Crippen LogP contribution in [-0.2, 0) is 4.74 Å². The predicted molar refractivity (Wildman–Crippen MR) is 75.9 cm³/mol. The van der Waals surface area contributed by atoms with Gasteiger partial charge in [0.2, 0.25) is 0 Å². The molecule has 3 nitrogen and oxygen atoms in total. The van der Waals surface area contributed by atoms with Crippen LogP contribution in [0.5, 0.6) is 0 Å². The van der Waals surface area contributed by atoms with Gasteiger partial charge < -0.3 is 10.1 Å². The van der Waals surface area contributed by atoms with E-state index in [1.807, 2.05) is 0 Å². The van der Waals surface area contributed by atoms with Gasteiger partial charge >= 0.3 is 0 Å². The number of hydrogen-bond donors (Lipinski definition) is 1. The smallest absolute Gasteiger partial charge is 0.0760 e. The molecule has 2 saturated heterocycles. The Kier molecular flexibility index (Phi) is 3.79. The lowest BCUT2D eigenvalue weighted by molar-refractivity contribution is -0.183. The van der Waals surface area contributed by atoms with E-state index in [1.54, 1.807) is 0 Å². The summed E-state index contributed by atoms with van der Waals surface area (Å²) in [5, 5.41) is 3.71. The molecular formula is C15H30N2O. The summed E-state index contributed by atoms with van der Waals surface area (Å²) in [4.78, 5) is 2.59. The molecule has 2 fully saturated rings. The quantitative estimate of drug-likeness (QED) is 0.819. The fraction of sp³-hybridized carbons (Fsp3) is 1.00. The molecule has 1 atom stereocenters. The van der Waals surface area contributed by atoms with Gasteiger partial charge in [0.1, 0.15) is 0 Å². The van der Waals surface area contributed by atoms with Gasteiger partial charge in [0.25, 0.3) is 0 Å². The molecule has 0 bridgehead atoms. The Labute approximate surface area is 112 Å². The van der Waals surface area contributed by atoms with Gasteiger partial charge in [-0.2, -0.15) is 0 Å². The van der Waals surface area contributed by atoms with Crippen molar-refractivity contribution in [2.24, 2.45) is 0 Å². The topological polar surface area (TPSA) is 24.5 Å². The van der Waals surface area contributed by atoms with E-state index in [4.69, 9.17) is 4.74 Å². The molecule has 0 radical (unpaired) electrons. The molecular weight excluding hydrogens is 224 g/mol. The molecule has 0 aromatic carbocycles. The normalized spacial score (nSPS) is 36.5. The molecule has 1 N–H and O–H groups in total. The largest absolute Gasteiger partial charge is 0.367 e. The van der Waals surface area contributed by atoms with Crippen LogP contribution >= 0.6 is 0 Å². The van der Waals surface area contributed by atoms with E-state index < -0.39 is 0 Å². The third-order valence-corrected chi connectivity index (χ3v) is 4.04. The first kappa shape index (κ1) is 14.3. The van der Waals surface area contributed by atoms with Gasteiger partial charge in [0.15, 0.2) is 0 Å². The van der Waals surface area contributed by atoms with Crippen LogP contribution in [0.3, 0.4) is 0 Å². The van der Waals surface area contributed by atoms with Crippen LogP contribution in [-0.4, -0.2) is 47.8 Å². The summed E-state index contributed by atoms with van der Waals surface area (Å²) in [6, 6.07) is 0. The van der Waals surface area contributed by atoms with Crippen molar-refractivity contribution in [1.82, 2.24) is 10.2 Å². The zero-order chi connectivity index (χ0) is 13.4. The van der Waals surface area contributed by atoms with Gasteiger partial charge in [-0.25, -0.2) is 0 Å². The highest BCUT2D eigenvalue weighted by Crippen LogP contribution is 2.30. The molecule has 0 amide bonds. The molecule has 2 rings (SSSR count). The molecule has 0 aromatic rings.